The van der Waals surface area contributed by atoms with Crippen molar-refractivity contribution in [1.29, 1.82) is 0 Å². The number of hydrogen-bond donors (Lipinski definition) is 0. The van der Waals surface area contributed by atoms with Crippen LogP contribution in [0.4, 0.5) is 0 Å². The molecule has 2 aromatic carbocycles. The van der Waals surface area contributed by atoms with E-state index in [0.29, 0.717) is 11.9 Å². The molecule has 0 saturated carbocycles. The van der Waals surface area contributed by atoms with Gasteiger partial charge in [0.05, 0.1) is 0 Å². The zero-order valence-electron chi connectivity index (χ0n) is 20.5. The summed E-state index contributed by atoms with van der Waals surface area (Å²) in [6.45, 7) is 10.7. The standard InChI is InChI=1S/C28H38N4O2/c1-2-29-17-19-32(20-18-29)27(33)23-9-13-30(14-10-23)26-11-15-31(16-12-26)28(34)25-8-7-22-5-3-4-6-24(22)21-25/h3-8,21,23,26H,2,9-20H2,1H3. The third kappa shape index (κ3) is 4.98. The minimum atomic E-state index is 0.150. The molecule has 5 rings (SSSR count). The Morgan fingerprint density at radius 3 is 2.12 bits per heavy atom. The molecule has 34 heavy (non-hydrogen) atoms. The van der Waals surface area contributed by atoms with Crippen LogP contribution >= 0.6 is 0 Å². The summed E-state index contributed by atoms with van der Waals surface area (Å²) in [6.07, 6.45) is 4.00. The third-order valence-corrected chi connectivity index (χ3v) is 8.27. The minimum Gasteiger partial charge on any atom is -0.340 e. The first-order chi connectivity index (χ1) is 16.6. The molecular weight excluding hydrogens is 424 g/mol. The molecule has 6 heteroatoms. The highest BCUT2D eigenvalue weighted by molar-refractivity contribution is 5.98. The van der Waals surface area contributed by atoms with E-state index in [-0.39, 0.29) is 11.8 Å². The molecule has 3 heterocycles. The number of nitrogens with zero attached hydrogens (tertiary/aromatic N) is 4. The van der Waals surface area contributed by atoms with Crippen LogP contribution in [0.25, 0.3) is 10.8 Å². The van der Waals surface area contributed by atoms with E-state index >= 15 is 0 Å². The van der Waals surface area contributed by atoms with Crippen molar-refractivity contribution >= 4 is 22.6 Å². The normalized spacial score (nSPS) is 21.8. The van der Waals surface area contributed by atoms with E-state index in [2.05, 4.69) is 33.8 Å². The Labute approximate surface area is 203 Å². The van der Waals surface area contributed by atoms with Gasteiger partial charge in [-0.1, -0.05) is 37.3 Å². The number of carbonyl (C=O) groups excluding carboxylic acids is 2. The number of hydrogen-bond acceptors (Lipinski definition) is 4. The summed E-state index contributed by atoms with van der Waals surface area (Å²) in [7, 11) is 0. The molecule has 2 aromatic rings. The molecular formula is C28H38N4O2. The molecule has 0 N–H and O–H groups in total. The lowest BCUT2D eigenvalue weighted by Gasteiger charge is -2.42. The number of rotatable bonds is 4. The fourth-order valence-corrected chi connectivity index (χ4v) is 5.99. The van der Waals surface area contributed by atoms with Crippen molar-refractivity contribution in [2.45, 2.75) is 38.6 Å². The second kappa shape index (κ2) is 10.4. The molecule has 0 aliphatic carbocycles. The van der Waals surface area contributed by atoms with E-state index in [0.717, 1.165) is 95.5 Å². The molecule has 0 unspecified atom stereocenters. The molecule has 0 radical (unpaired) electrons. The maximum atomic E-state index is 13.1. The van der Waals surface area contributed by atoms with E-state index in [1.54, 1.807) is 0 Å². The summed E-state index contributed by atoms with van der Waals surface area (Å²) in [5, 5.41) is 2.29. The van der Waals surface area contributed by atoms with Crippen LogP contribution in [-0.2, 0) is 4.79 Å². The van der Waals surface area contributed by atoms with Crippen LogP contribution in [-0.4, -0.2) is 96.4 Å². The molecule has 3 aliphatic rings. The fourth-order valence-electron chi connectivity index (χ4n) is 5.99. The Morgan fingerprint density at radius 2 is 1.44 bits per heavy atom. The van der Waals surface area contributed by atoms with E-state index < -0.39 is 0 Å². The van der Waals surface area contributed by atoms with Crippen LogP contribution < -0.4 is 0 Å². The van der Waals surface area contributed by atoms with Crippen LogP contribution in [0.15, 0.2) is 42.5 Å². The first-order valence-corrected chi connectivity index (χ1v) is 13.2. The largest absolute Gasteiger partial charge is 0.340 e. The number of piperidine rings is 2. The SMILES string of the molecule is CCN1CCN(C(=O)C2CCN(C3CCN(C(=O)c4ccc5ccccc5c4)CC3)CC2)CC1. The van der Waals surface area contributed by atoms with E-state index in [9.17, 15) is 9.59 Å². The van der Waals surface area contributed by atoms with Gasteiger partial charge in [-0.3, -0.25) is 9.59 Å². The molecule has 2 amide bonds. The monoisotopic (exact) mass is 462 g/mol. The molecule has 0 atom stereocenters. The summed E-state index contributed by atoms with van der Waals surface area (Å²) in [6, 6.07) is 14.8. The van der Waals surface area contributed by atoms with Crippen LogP contribution in [0.1, 0.15) is 43.0 Å². The summed E-state index contributed by atoms with van der Waals surface area (Å²) in [5.41, 5.74) is 0.788. The molecule has 6 nitrogen and oxygen atoms in total. The summed E-state index contributed by atoms with van der Waals surface area (Å²) in [5.74, 6) is 0.724. The molecule has 3 saturated heterocycles. The van der Waals surface area contributed by atoms with Crippen LogP contribution in [0.3, 0.4) is 0 Å². The number of piperazine rings is 1. The Bertz CT molecular complexity index is 1000. The molecule has 182 valence electrons. The number of carbonyl (C=O) groups is 2. The van der Waals surface area contributed by atoms with E-state index in [4.69, 9.17) is 0 Å². The Kier molecular flexibility index (Phi) is 7.16. The lowest BCUT2D eigenvalue weighted by molar-refractivity contribution is -0.139. The quantitative estimate of drug-likeness (QED) is 0.699. The summed E-state index contributed by atoms with van der Waals surface area (Å²) >= 11 is 0. The predicted octanol–water partition coefficient (Wildman–Crippen LogP) is 3.32. The minimum absolute atomic E-state index is 0.150. The average molecular weight is 463 g/mol. The summed E-state index contributed by atoms with van der Waals surface area (Å²) < 4.78 is 0. The van der Waals surface area contributed by atoms with Gasteiger partial charge in [-0.15, -0.1) is 0 Å². The highest BCUT2D eigenvalue weighted by Gasteiger charge is 2.34. The smallest absolute Gasteiger partial charge is 0.253 e. The molecule has 0 bridgehead atoms. The molecule has 3 fully saturated rings. The molecule has 3 aliphatic heterocycles. The second-order valence-corrected chi connectivity index (χ2v) is 10.2. The maximum Gasteiger partial charge on any atom is 0.253 e. The van der Waals surface area contributed by atoms with Gasteiger partial charge in [0.25, 0.3) is 5.91 Å². The zero-order chi connectivity index (χ0) is 23.5. The van der Waals surface area contributed by atoms with E-state index in [1.807, 2.05) is 35.2 Å². The number of fused-ring (bicyclic) bond motifs is 1. The van der Waals surface area contributed by atoms with Gasteiger partial charge >= 0.3 is 0 Å². The predicted molar refractivity (Wildman–Crippen MR) is 136 cm³/mol. The molecule has 0 aromatic heterocycles. The number of likely N-dealkylation sites (N-methyl/N-ethyl adjacent to an activating group) is 1. The number of likely N-dealkylation sites (tertiary alicyclic amines) is 2. The van der Waals surface area contributed by atoms with Crippen molar-refractivity contribution in [3.63, 3.8) is 0 Å². The Morgan fingerprint density at radius 1 is 0.765 bits per heavy atom. The Balaban J connectivity index is 1.09. The Hall–Kier alpha value is -2.44. The number of amides is 2. The fraction of sp³-hybridized carbons (Fsp3) is 0.571. The summed E-state index contributed by atoms with van der Waals surface area (Å²) in [4.78, 5) is 35.2. The lowest BCUT2D eigenvalue weighted by atomic mass is 9.92. The van der Waals surface area contributed by atoms with Crippen molar-refractivity contribution in [3.05, 3.63) is 48.0 Å². The highest BCUT2D eigenvalue weighted by Crippen LogP contribution is 2.26. The zero-order valence-corrected chi connectivity index (χ0v) is 20.5. The van der Waals surface area contributed by atoms with Crippen LogP contribution in [0.5, 0.6) is 0 Å². The van der Waals surface area contributed by atoms with Gasteiger partial charge < -0.3 is 19.6 Å². The number of benzene rings is 2. The van der Waals surface area contributed by atoms with Gasteiger partial charge in [-0.2, -0.15) is 0 Å². The van der Waals surface area contributed by atoms with Crippen LogP contribution in [0.2, 0.25) is 0 Å². The average Bonchev–Trinajstić information content (AvgIpc) is 2.92. The van der Waals surface area contributed by atoms with Crippen molar-refractivity contribution in [1.82, 2.24) is 19.6 Å². The topological polar surface area (TPSA) is 47.1 Å². The first kappa shape index (κ1) is 23.3. The third-order valence-electron chi connectivity index (χ3n) is 8.27. The van der Waals surface area contributed by atoms with E-state index in [1.165, 1.54) is 5.39 Å². The second-order valence-electron chi connectivity index (χ2n) is 10.2. The van der Waals surface area contributed by atoms with Gasteiger partial charge in [0, 0.05) is 56.8 Å². The van der Waals surface area contributed by atoms with Crippen molar-refractivity contribution in [3.8, 4) is 0 Å². The van der Waals surface area contributed by atoms with Crippen LogP contribution in [0, 0.1) is 5.92 Å². The highest BCUT2D eigenvalue weighted by atomic mass is 16.2. The van der Waals surface area contributed by atoms with Gasteiger partial charge in [-0.25, -0.2) is 0 Å². The van der Waals surface area contributed by atoms with Crippen molar-refractivity contribution < 1.29 is 9.59 Å². The first-order valence-electron chi connectivity index (χ1n) is 13.2. The van der Waals surface area contributed by atoms with Gasteiger partial charge in [-0.05, 0) is 68.2 Å². The van der Waals surface area contributed by atoms with Gasteiger partial charge in [0.2, 0.25) is 5.91 Å². The lowest BCUT2D eigenvalue weighted by Crippen LogP contribution is -2.53. The van der Waals surface area contributed by atoms with Gasteiger partial charge in [0.1, 0.15) is 0 Å². The van der Waals surface area contributed by atoms with Crippen molar-refractivity contribution in [2.24, 2.45) is 5.92 Å². The van der Waals surface area contributed by atoms with Crippen molar-refractivity contribution in [2.75, 3.05) is 58.9 Å². The van der Waals surface area contributed by atoms with Gasteiger partial charge in [0.15, 0.2) is 0 Å². The maximum absolute atomic E-state index is 13.1. The molecule has 0 spiro atoms.